The fraction of sp³-hybridized carbons (Fsp3) is 0. The van der Waals surface area contributed by atoms with E-state index in [1.54, 1.807) is 0 Å². The quantitative estimate of drug-likeness (QED) is 0.134. The summed E-state index contributed by atoms with van der Waals surface area (Å²) in [6.07, 6.45) is 0. The van der Waals surface area contributed by atoms with Crippen LogP contribution in [0.15, 0.2) is 474 Å². The van der Waals surface area contributed by atoms with Crippen LogP contribution in [0.1, 0.15) is 0 Å². The number of furan rings is 3. The molecule has 0 saturated heterocycles. The van der Waals surface area contributed by atoms with Crippen LogP contribution in [0.4, 0.5) is 0 Å². The van der Waals surface area contributed by atoms with Gasteiger partial charge >= 0.3 is 0 Å². The average Bonchev–Trinajstić information content (AvgIpc) is 1.28. The molecule has 11 nitrogen and oxygen atoms in total. The van der Waals surface area contributed by atoms with Crippen molar-refractivity contribution >= 4 is 206 Å². The van der Waals surface area contributed by atoms with Crippen LogP contribution < -0.4 is 0 Å². The van der Waals surface area contributed by atoms with Crippen molar-refractivity contribution in [2.24, 2.45) is 0 Å². The van der Waals surface area contributed by atoms with E-state index in [1.807, 2.05) is 102 Å². The summed E-state index contributed by atoms with van der Waals surface area (Å²) in [4.78, 5) is 40.7. The SMILES string of the molecule is c1ccc(-c2nc(-c3ccc4ccc5oc6ccccc6c5c4c3)nc3c2ccc2ccccc23)cc1.c1ccc(-c2nc(-c3ccc4ccc5oc6ccccc6c5c4c3)nc3ccc4ccccc4c23)cc1.c1ccc(-c2nc(-c3ccc4ccc5oc6ccccc6c5c4c3)nc3ccccc23)cc1.c1ccc(-c2nc(-c3cccc4ccc5c6ccccc6sc5c34)nc3ccccc23)cc1. The molecule has 0 bridgehead atoms. The summed E-state index contributed by atoms with van der Waals surface area (Å²) < 4.78 is 21.0. The number of thiophene rings is 1. The van der Waals surface area contributed by atoms with Gasteiger partial charge in [-0.3, -0.25) is 0 Å². The zero-order valence-corrected chi connectivity index (χ0v) is 75.9. The zero-order chi connectivity index (χ0) is 92.2. The lowest BCUT2D eigenvalue weighted by Gasteiger charge is -2.12. The molecule has 0 spiro atoms. The summed E-state index contributed by atoms with van der Waals surface area (Å²) in [5.41, 5.74) is 21.4. The van der Waals surface area contributed by atoms with Gasteiger partial charge in [0.1, 0.15) is 33.5 Å². The molecule has 12 heteroatoms. The van der Waals surface area contributed by atoms with E-state index >= 15 is 0 Å². The molecular formula is C128H76N8O3S. The molecule has 8 heterocycles. The molecule has 0 atom stereocenters. The van der Waals surface area contributed by atoms with Crippen molar-refractivity contribution in [3.63, 3.8) is 0 Å². The fourth-order valence-corrected chi connectivity index (χ4v) is 21.7. The van der Waals surface area contributed by atoms with Crippen molar-refractivity contribution in [1.82, 2.24) is 39.9 Å². The normalized spacial score (nSPS) is 11.7. The standard InChI is InChI=1S/2C34H20N2O.C30H18N2O.C30H18N2S/c1-2-9-23(10-3-1)33-32-25-11-5-4-8-21(25)16-18-28(32)35-34(36-33)24-15-14-22-17-19-30-31(27(22)20-24)26-12-6-7-13-29(26)37-30;1-2-9-23(10-3-1)32-27-18-16-21-8-4-5-11-25(21)33(27)36-34(35-32)24-15-14-22-17-19-30-31(28(22)20-24)26-12-6-7-13-29(26)37-30;1-2-8-20(9-3-1)29-22-10-4-6-12-25(22)31-30(32-29)21-15-14-19-16-17-27-28(24(19)18-21)23-11-5-7-13-26(23)33-27;1-2-9-20(10-3-1)28-23-13-4-6-15-25(23)31-30(32-28)24-14-8-11-19-17-18-22-21-12-5-7-16-26(21)33-29(22)27(19)24/h2*1-20H;2*1-18H. The van der Waals surface area contributed by atoms with E-state index in [1.165, 1.54) is 47.1 Å². The first kappa shape index (κ1) is 81.0. The predicted molar refractivity (Wildman–Crippen MR) is 581 cm³/mol. The summed E-state index contributed by atoms with van der Waals surface area (Å²) in [5, 5.41) is 27.6. The number of hydrogen-bond donors (Lipinski definition) is 0. The molecule has 30 aromatic rings. The van der Waals surface area contributed by atoms with Gasteiger partial charge in [0, 0.05) is 129 Å². The molecule has 0 aliphatic rings. The Morgan fingerprint density at radius 3 is 1.02 bits per heavy atom. The van der Waals surface area contributed by atoms with Gasteiger partial charge in [-0.25, -0.2) is 39.9 Å². The molecule has 0 aliphatic carbocycles. The first-order chi connectivity index (χ1) is 69.4. The highest BCUT2D eigenvalue weighted by Gasteiger charge is 2.24. The molecule has 8 aromatic heterocycles. The summed E-state index contributed by atoms with van der Waals surface area (Å²) in [6.45, 7) is 0. The second-order valence-electron chi connectivity index (χ2n) is 35.3. The Hall–Kier alpha value is -18.6. The van der Waals surface area contributed by atoms with Gasteiger partial charge < -0.3 is 13.3 Å². The Bertz CT molecular complexity index is 10300. The van der Waals surface area contributed by atoms with Gasteiger partial charge in [0.05, 0.1) is 44.8 Å². The molecule has 30 rings (SSSR count). The second-order valence-corrected chi connectivity index (χ2v) is 36.4. The van der Waals surface area contributed by atoms with Crippen LogP contribution in [0, 0.1) is 0 Å². The van der Waals surface area contributed by atoms with E-state index in [-0.39, 0.29) is 0 Å². The van der Waals surface area contributed by atoms with Gasteiger partial charge in [-0.05, 0) is 139 Å². The summed E-state index contributed by atoms with van der Waals surface area (Å²) in [5.74, 6) is 2.92. The van der Waals surface area contributed by atoms with Crippen molar-refractivity contribution in [2.45, 2.75) is 0 Å². The topological polar surface area (TPSA) is 143 Å². The maximum absolute atomic E-state index is 6.16. The Balaban J connectivity index is 0.0000000939. The van der Waals surface area contributed by atoms with Crippen molar-refractivity contribution in [1.29, 1.82) is 0 Å². The smallest absolute Gasteiger partial charge is 0.161 e. The second kappa shape index (κ2) is 33.8. The number of para-hydroxylation sites is 5. The molecule has 0 unspecified atom stereocenters. The molecule has 0 amide bonds. The van der Waals surface area contributed by atoms with Crippen LogP contribution >= 0.6 is 11.3 Å². The number of hydrogen-bond acceptors (Lipinski definition) is 12. The number of fused-ring (bicyclic) bond motifs is 28. The fourth-order valence-electron chi connectivity index (χ4n) is 20.5. The highest BCUT2D eigenvalue weighted by molar-refractivity contribution is 7.26. The van der Waals surface area contributed by atoms with E-state index in [0.29, 0.717) is 5.82 Å². The molecule has 0 fully saturated rings. The minimum absolute atomic E-state index is 0.716. The first-order valence-electron chi connectivity index (χ1n) is 46.9. The Morgan fingerprint density at radius 2 is 0.507 bits per heavy atom. The van der Waals surface area contributed by atoms with Crippen molar-refractivity contribution in [3.8, 4) is 90.6 Å². The number of benzene rings is 22. The van der Waals surface area contributed by atoms with E-state index in [0.717, 1.165) is 232 Å². The van der Waals surface area contributed by atoms with Crippen LogP contribution in [0.2, 0.25) is 0 Å². The summed E-state index contributed by atoms with van der Waals surface area (Å²) in [6, 6.07) is 159. The van der Waals surface area contributed by atoms with E-state index in [9.17, 15) is 0 Å². The van der Waals surface area contributed by atoms with Crippen LogP contribution in [0.25, 0.3) is 285 Å². The van der Waals surface area contributed by atoms with Crippen molar-refractivity contribution in [2.75, 3.05) is 0 Å². The first-order valence-corrected chi connectivity index (χ1v) is 47.7. The molecule has 0 N–H and O–H groups in total. The third-order valence-corrected chi connectivity index (χ3v) is 28.3. The van der Waals surface area contributed by atoms with E-state index < -0.39 is 0 Å². The molecule has 22 aromatic carbocycles. The maximum atomic E-state index is 6.16. The Morgan fingerprint density at radius 1 is 0.164 bits per heavy atom. The predicted octanol–water partition coefficient (Wildman–Crippen LogP) is 34.8. The monoisotopic (exact) mass is 1800 g/mol. The van der Waals surface area contributed by atoms with Crippen LogP contribution in [-0.4, -0.2) is 39.9 Å². The van der Waals surface area contributed by atoms with Crippen molar-refractivity contribution < 1.29 is 13.3 Å². The molecule has 652 valence electrons. The third kappa shape index (κ3) is 14.1. The van der Waals surface area contributed by atoms with Crippen LogP contribution in [0.5, 0.6) is 0 Å². The van der Waals surface area contributed by atoms with E-state index in [4.69, 9.17) is 53.1 Å². The van der Waals surface area contributed by atoms with Gasteiger partial charge in [-0.15, -0.1) is 11.3 Å². The highest BCUT2D eigenvalue weighted by atomic mass is 32.1. The van der Waals surface area contributed by atoms with Gasteiger partial charge in [0.25, 0.3) is 0 Å². The van der Waals surface area contributed by atoms with Gasteiger partial charge in [0.15, 0.2) is 23.3 Å². The number of nitrogens with zero attached hydrogens (tertiary/aromatic N) is 8. The minimum Gasteiger partial charge on any atom is -0.456 e. The number of rotatable bonds is 8. The van der Waals surface area contributed by atoms with Gasteiger partial charge in [-0.1, -0.05) is 376 Å². The Kier molecular flexibility index (Phi) is 19.5. The van der Waals surface area contributed by atoms with Crippen LogP contribution in [-0.2, 0) is 0 Å². The van der Waals surface area contributed by atoms with Gasteiger partial charge in [0.2, 0.25) is 0 Å². The summed E-state index contributed by atoms with van der Waals surface area (Å²) in [7, 11) is 0. The molecular weight excluding hydrogens is 1730 g/mol. The number of aromatic nitrogens is 8. The maximum Gasteiger partial charge on any atom is 0.161 e. The lowest BCUT2D eigenvalue weighted by Crippen LogP contribution is -1.96. The molecule has 0 saturated carbocycles. The van der Waals surface area contributed by atoms with E-state index in [2.05, 4.69) is 370 Å². The third-order valence-electron chi connectivity index (χ3n) is 27.1. The lowest BCUT2D eigenvalue weighted by atomic mass is 9.99. The van der Waals surface area contributed by atoms with Gasteiger partial charge in [-0.2, -0.15) is 0 Å². The Labute approximate surface area is 804 Å². The molecule has 0 aliphatic heterocycles. The average molecular weight is 1810 g/mol. The largest absolute Gasteiger partial charge is 0.456 e. The van der Waals surface area contributed by atoms with Crippen molar-refractivity contribution in [3.05, 3.63) is 461 Å². The van der Waals surface area contributed by atoms with Crippen LogP contribution in [0.3, 0.4) is 0 Å². The molecule has 0 radical (unpaired) electrons. The summed E-state index contributed by atoms with van der Waals surface area (Å²) >= 11 is 1.85. The zero-order valence-electron chi connectivity index (χ0n) is 75.1. The minimum atomic E-state index is 0.716. The lowest BCUT2D eigenvalue weighted by molar-refractivity contribution is 0.669. The highest BCUT2D eigenvalue weighted by Crippen LogP contribution is 2.47. The molecule has 140 heavy (non-hydrogen) atoms.